The largest absolute Gasteiger partial charge is 0.397 e. The van der Waals surface area contributed by atoms with Gasteiger partial charge < -0.3 is 15.5 Å². The van der Waals surface area contributed by atoms with Crippen LogP contribution >= 0.6 is 0 Å². The first-order valence-electron chi connectivity index (χ1n) is 10.3. The number of likely N-dealkylation sites (N-methyl/N-ethyl adjacent to an activating group) is 1. The van der Waals surface area contributed by atoms with E-state index in [9.17, 15) is 9.59 Å². The molecule has 0 bridgehead atoms. The number of allylic oxidation sites excluding steroid dienone is 1. The number of para-hydroxylation sites is 2. The maximum atomic E-state index is 13.4. The van der Waals surface area contributed by atoms with Crippen molar-refractivity contribution in [2.24, 2.45) is 4.99 Å². The Kier molecular flexibility index (Phi) is 4.43. The molecule has 0 radical (unpaired) electrons. The van der Waals surface area contributed by atoms with Crippen LogP contribution in [0, 0.1) is 0 Å². The number of urea groups is 1. The van der Waals surface area contributed by atoms with Crippen molar-refractivity contribution in [1.29, 1.82) is 0 Å². The number of hydrogen-bond donors (Lipinski definition) is 1. The van der Waals surface area contributed by atoms with Crippen LogP contribution in [0.1, 0.15) is 12.5 Å². The van der Waals surface area contributed by atoms with Crippen LogP contribution in [-0.2, 0) is 11.2 Å². The second-order valence-electron chi connectivity index (χ2n) is 7.98. The normalized spacial score (nSPS) is 22.5. The fourth-order valence-electron chi connectivity index (χ4n) is 4.43. The number of fused-ring (bicyclic) bond motifs is 3. The summed E-state index contributed by atoms with van der Waals surface area (Å²) in [5, 5.41) is 0. The van der Waals surface area contributed by atoms with E-state index in [4.69, 9.17) is 10.7 Å². The summed E-state index contributed by atoms with van der Waals surface area (Å²) in [7, 11) is 1.70. The van der Waals surface area contributed by atoms with E-state index >= 15 is 0 Å². The van der Waals surface area contributed by atoms with Gasteiger partial charge in [-0.2, -0.15) is 0 Å². The smallest absolute Gasteiger partial charge is 0.328 e. The van der Waals surface area contributed by atoms with Gasteiger partial charge in [0.15, 0.2) is 12.2 Å². The van der Waals surface area contributed by atoms with E-state index in [0.717, 1.165) is 16.9 Å². The molecule has 3 heterocycles. The Morgan fingerprint density at radius 3 is 2.48 bits per heavy atom. The third kappa shape index (κ3) is 2.94. The molecule has 3 aliphatic rings. The molecule has 0 saturated carbocycles. The number of rotatable bonds is 4. The molecule has 5 rings (SSSR count). The molecule has 1 saturated heterocycles. The summed E-state index contributed by atoms with van der Waals surface area (Å²) in [5.74, 6) is 0.387. The van der Waals surface area contributed by atoms with Crippen molar-refractivity contribution in [2.75, 3.05) is 24.2 Å². The van der Waals surface area contributed by atoms with Crippen LogP contribution in [0.15, 0.2) is 71.5 Å². The Hall–Kier alpha value is -3.81. The number of hydrogen-bond acceptors (Lipinski definition) is 6. The van der Waals surface area contributed by atoms with E-state index < -0.39 is 12.2 Å². The summed E-state index contributed by atoms with van der Waals surface area (Å²) in [4.78, 5) is 37.9. The maximum absolute atomic E-state index is 13.4. The molecule has 0 spiro atoms. The molecule has 2 aromatic rings. The van der Waals surface area contributed by atoms with E-state index in [0.29, 0.717) is 24.6 Å². The number of carbonyl (C=O) groups excluding carboxylic acids is 2. The molecule has 8 heteroatoms. The molecule has 158 valence electrons. The molecule has 31 heavy (non-hydrogen) atoms. The number of guanidine groups is 1. The number of nitrogens with zero attached hydrogens (tertiary/aromatic N) is 5. The topological polar surface area (TPSA) is 85.5 Å². The number of nitrogen functional groups attached to an aromatic ring is 1. The van der Waals surface area contributed by atoms with Gasteiger partial charge in [-0.25, -0.2) is 9.79 Å². The Bertz CT molecular complexity index is 1110. The molecular weight excluding hydrogens is 392 g/mol. The van der Waals surface area contributed by atoms with Crippen LogP contribution in [0.5, 0.6) is 0 Å². The quantitative estimate of drug-likeness (QED) is 0.774. The van der Waals surface area contributed by atoms with Gasteiger partial charge in [-0.05, 0) is 31.0 Å². The first kappa shape index (κ1) is 19.2. The van der Waals surface area contributed by atoms with Crippen LogP contribution in [0.25, 0.3) is 0 Å². The van der Waals surface area contributed by atoms with Crippen molar-refractivity contribution < 1.29 is 9.59 Å². The highest BCUT2D eigenvalue weighted by atomic mass is 16.2. The molecule has 0 aromatic heterocycles. The lowest BCUT2D eigenvalue weighted by Gasteiger charge is -2.40. The number of imide groups is 1. The zero-order valence-electron chi connectivity index (χ0n) is 17.5. The molecule has 1 fully saturated rings. The van der Waals surface area contributed by atoms with Crippen molar-refractivity contribution in [3.05, 3.63) is 72.1 Å². The summed E-state index contributed by atoms with van der Waals surface area (Å²) in [5.41, 5.74) is 9.63. The van der Waals surface area contributed by atoms with Gasteiger partial charge in [0.1, 0.15) is 0 Å². The van der Waals surface area contributed by atoms with Gasteiger partial charge in [0.05, 0.1) is 11.4 Å². The SMILES string of the molecule is CC1=CN2C(=NC3C2C(=O)N(CCc2ccccc2)C(=O)N3C)N1c1ccccc1N. The monoisotopic (exact) mass is 416 g/mol. The number of nitrogens with two attached hydrogens (primary N) is 1. The lowest BCUT2D eigenvalue weighted by Crippen LogP contribution is -2.64. The zero-order valence-corrected chi connectivity index (χ0v) is 17.5. The lowest BCUT2D eigenvalue weighted by atomic mass is 10.1. The molecular formula is C23H24N6O2. The summed E-state index contributed by atoms with van der Waals surface area (Å²) in [6, 6.07) is 16.5. The van der Waals surface area contributed by atoms with E-state index in [-0.39, 0.29) is 11.9 Å². The number of anilines is 2. The second-order valence-corrected chi connectivity index (χ2v) is 7.98. The zero-order chi connectivity index (χ0) is 21.7. The van der Waals surface area contributed by atoms with Crippen molar-refractivity contribution in [3.8, 4) is 0 Å². The van der Waals surface area contributed by atoms with Crippen LogP contribution in [0.3, 0.4) is 0 Å². The van der Waals surface area contributed by atoms with Gasteiger partial charge in [0, 0.05) is 25.5 Å². The Morgan fingerprint density at radius 2 is 1.74 bits per heavy atom. The molecule has 2 aromatic carbocycles. The number of carbonyl (C=O) groups is 2. The number of benzene rings is 2. The highest BCUT2D eigenvalue weighted by Crippen LogP contribution is 2.38. The number of aliphatic imine (C=N–C) groups is 1. The molecule has 3 aliphatic heterocycles. The minimum atomic E-state index is -0.585. The van der Waals surface area contributed by atoms with Crippen LogP contribution in [0.2, 0.25) is 0 Å². The maximum Gasteiger partial charge on any atom is 0.328 e. The molecule has 0 aliphatic carbocycles. The minimum Gasteiger partial charge on any atom is -0.397 e. The van der Waals surface area contributed by atoms with Gasteiger partial charge in [-0.1, -0.05) is 42.5 Å². The predicted octanol–water partition coefficient (Wildman–Crippen LogP) is 2.45. The van der Waals surface area contributed by atoms with Gasteiger partial charge >= 0.3 is 6.03 Å². The fraction of sp³-hybridized carbons (Fsp3) is 0.261. The van der Waals surface area contributed by atoms with Crippen molar-refractivity contribution >= 4 is 29.3 Å². The van der Waals surface area contributed by atoms with Crippen molar-refractivity contribution in [1.82, 2.24) is 14.7 Å². The molecule has 3 amide bonds. The first-order chi connectivity index (χ1) is 15.0. The van der Waals surface area contributed by atoms with Gasteiger partial charge in [0.2, 0.25) is 5.96 Å². The Balaban J connectivity index is 1.44. The fourth-order valence-corrected chi connectivity index (χ4v) is 4.43. The lowest BCUT2D eigenvalue weighted by molar-refractivity contribution is -0.136. The number of amides is 3. The average Bonchev–Trinajstić information content (AvgIpc) is 3.28. The first-order valence-corrected chi connectivity index (χ1v) is 10.3. The average molecular weight is 416 g/mol. The molecule has 2 atom stereocenters. The standard InChI is InChI=1S/C23H24N6O2/c1-15-14-28-19-20(25-22(28)29(15)18-11-7-6-10-17(18)24)26(2)23(31)27(21(19)30)13-12-16-8-4-3-5-9-16/h3-11,14,19-20H,12-13,24H2,1-2H3. The van der Waals surface area contributed by atoms with E-state index in [1.54, 1.807) is 11.9 Å². The van der Waals surface area contributed by atoms with Crippen molar-refractivity contribution in [2.45, 2.75) is 25.6 Å². The summed E-state index contributed by atoms with van der Waals surface area (Å²) in [6.07, 6.45) is 1.95. The highest BCUT2D eigenvalue weighted by molar-refractivity contribution is 6.10. The van der Waals surface area contributed by atoms with E-state index in [1.807, 2.05) is 77.5 Å². The predicted molar refractivity (Wildman–Crippen MR) is 119 cm³/mol. The van der Waals surface area contributed by atoms with Gasteiger partial charge in [-0.15, -0.1) is 0 Å². The molecule has 2 unspecified atom stereocenters. The van der Waals surface area contributed by atoms with Crippen molar-refractivity contribution in [3.63, 3.8) is 0 Å². The summed E-state index contributed by atoms with van der Waals surface area (Å²) in [6.45, 7) is 2.29. The summed E-state index contributed by atoms with van der Waals surface area (Å²) >= 11 is 0. The van der Waals surface area contributed by atoms with Gasteiger partial charge in [-0.3, -0.25) is 14.6 Å². The minimum absolute atomic E-state index is 0.227. The third-order valence-electron chi connectivity index (χ3n) is 6.03. The third-order valence-corrected chi connectivity index (χ3v) is 6.03. The summed E-state index contributed by atoms with van der Waals surface area (Å²) < 4.78 is 0. The Labute approximate surface area is 180 Å². The second kappa shape index (κ2) is 7.16. The van der Waals surface area contributed by atoms with Crippen LogP contribution in [-0.4, -0.2) is 58.4 Å². The molecule has 2 N–H and O–H groups in total. The van der Waals surface area contributed by atoms with E-state index in [1.165, 1.54) is 4.90 Å². The van der Waals surface area contributed by atoms with Crippen LogP contribution in [0.4, 0.5) is 16.2 Å². The highest BCUT2D eigenvalue weighted by Gasteiger charge is 2.54. The van der Waals surface area contributed by atoms with E-state index in [2.05, 4.69) is 0 Å². The Morgan fingerprint density at radius 1 is 1.03 bits per heavy atom. The molecule has 8 nitrogen and oxygen atoms in total. The van der Waals surface area contributed by atoms with Crippen LogP contribution < -0.4 is 10.6 Å². The van der Waals surface area contributed by atoms with Gasteiger partial charge in [0.25, 0.3) is 5.91 Å².